The number of aryl methyl sites for hydroxylation is 2. The van der Waals surface area contributed by atoms with Crippen LogP contribution >= 0.6 is 23.2 Å². The smallest absolute Gasteiger partial charge is 0.264 e. The number of halogens is 2. The van der Waals surface area contributed by atoms with Crippen molar-refractivity contribution in [3.63, 3.8) is 0 Å². The minimum atomic E-state index is -4.19. The lowest BCUT2D eigenvalue weighted by molar-refractivity contribution is -0.139. The molecule has 0 aromatic heterocycles. The van der Waals surface area contributed by atoms with Crippen molar-refractivity contribution in [3.8, 4) is 0 Å². The molecule has 40 heavy (non-hydrogen) atoms. The summed E-state index contributed by atoms with van der Waals surface area (Å²) in [4.78, 5) is 28.4. The Balaban J connectivity index is 2.03. The first-order chi connectivity index (χ1) is 18.8. The summed E-state index contributed by atoms with van der Waals surface area (Å²) >= 11 is 12.3. The topological polar surface area (TPSA) is 86.8 Å². The van der Waals surface area contributed by atoms with E-state index in [0.717, 1.165) is 21.0 Å². The molecule has 0 fully saturated rings. The predicted molar refractivity (Wildman–Crippen MR) is 161 cm³/mol. The van der Waals surface area contributed by atoms with Crippen LogP contribution in [0.15, 0.2) is 71.6 Å². The van der Waals surface area contributed by atoms with E-state index in [1.54, 1.807) is 19.1 Å². The van der Waals surface area contributed by atoms with E-state index in [4.69, 9.17) is 23.2 Å². The highest BCUT2D eigenvalue weighted by molar-refractivity contribution is 7.92. The molecule has 0 saturated heterocycles. The first kappa shape index (κ1) is 31.5. The minimum Gasteiger partial charge on any atom is -0.354 e. The normalized spacial score (nSPS) is 12.2. The fourth-order valence-corrected chi connectivity index (χ4v) is 5.63. The highest BCUT2D eigenvalue weighted by atomic mass is 35.5. The summed E-state index contributed by atoms with van der Waals surface area (Å²) in [5, 5.41) is 3.27. The molecule has 0 saturated carbocycles. The maximum atomic E-state index is 13.9. The molecule has 3 aromatic carbocycles. The first-order valence-electron chi connectivity index (χ1n) is 13.0. The van der Waals surface area contributed by atoms with E-state index in [0.29, 0.717) is 6.54 Å². The lowest BCUT2D eigenvalue weighted by atomic mass is 10.1. The number of nitrogens with zero attached hydrogens (tertiary/aromatic N) is 2. The van der Waals surface area contributed by atoms with Gasteiger partial charge in [-0.2, -0.15) is 0 Å². The predicted octanol–water partition coefficient (Wildman–Crippen LogP) is 6.00. The zero-order valence-corrected chi connectivity index (χ0v) is 25.6. The number of carbonyl (C=O) groups is 2. The molecule has 3 rings (SSSR count). The van der Waals surface area contributed by atoms with Gasteiger partial charge in [0.1, 0.15) is 12.6 Å². The van der Waals surface area contributed by atoms with E-state index in [1.807, 2.05) is 52.0 Å². The number of hydrogen-bond acceptors (Lipinski definition) is 4. The van der Waals surface area contributed by atoms with Crippen molar-refractivity contribution in [3.05, 3.63) is 93.5 Å². The zero-order chi connectivity index (χ0) is 29.6. The maximum Gasteiger partial charge on any atom is 0.264 e. The van der Waals surface area contributed by atoms with Gasteiger partial charge in [0.05, 0.1) is 20.6 Å². The molecule has 0 heterocycles. The number of anilines is 1. The summed E-state index contributed by atoms with van der Waals surface area (Å²) in [6, 6.07) is 17.5. The fraction of sp³-hybridized carbons (Fsp3) is 0.333. The molecule has 0 radical (unpaired) electrons. The summed E-state index contributed by atoms with van der Waals surface area (Å²) < 4.78 is 28.8. The van der Waals surface area contributed by atoms with Gasteiger partial charge >= 0.3 is 0 Å². The van der Waals surface area contributed by atoms with Crippen molar-refractivity contribution in [1.29, 1.82) is 0 Å². The van der Waals surface area contributed by atoms with Crippen LogP contribution < -0.4 is 9.62 Å². The highest BCUT2D eigenvalue weighted by Crippen LogP contribution is 2.31. The Morgan fingerprint density at radius 3 is 1.98 bits per heavy atom. The molecule has 1 N–H and O–H groups in total. The molecule has 0 unspecified atom stereocenters. The van der Waals surface area contributed by atoms with Gasteiger partial charge in [-0.1, -0.05) is 84.6 Å². The van der Waals surface area contributed by atoms with E-state index in [9.17, 15) is 18.0 Å². The van der Waals surface area contributed by atoms with Gasteiger partial charge in [0, 0.05) is 13.1 Å². The van der Waals surface area contributed by atoms with Gasteiger partial charge in [-0.05, 0) is 62.6 Å². The zero-order valence-electron chi connectivity index (χ0n) is 23.3. The molecule has 7 nitrogen and oxygen atoms in total. The second kappa shape index (κ2) is 13.5. The van der Waals surface area contributed by atoms with Gasteiger partial charge in [-0.3, -0.25) is 13.9 Å². The van der Waals surface area contributed by atoms with E-state index >= 15 is 0 Å². The SMILES string of the molecule is Cc1ccc(CN(C(=O)CN(c2ccc(Cl)c(Cl)c2)S(=O)(=O)c2ccc(C)cc2)[C@@H](C)C(=O)NCC(C)C)cc1. The number of nitrogens with one attached hydrogen (secondary N) is 1. The quantitative estimate of drug-likeness (QED) is 0.291. The molecule has 0 bridgehead atoms. The van der Waals surface area contributed by atoms with Crippen LogP contribution in [0.1, 0.15) is 37.5 Å². The van der Waals surface area contributed by atoms with Crippen molar-refractivity contribution in [2.24, 2.45) is 5.92 Å². The monoisotopic (exact) mass is 603 g/mol. The fourth-order valence-electron chi connectivity index (χ4n) is 3.93. The lowest BCUT2D eigenvalue weighted by Crippen LogP contribution is -2.51. The van der Waals surface area contributed by atoms with Crippen LogP contribution in [-0.2, 0) is 26.2 Å². The molecule has 0 spiro atoms. The van der Waals surface area contributed by atoms with Crippen molar-refractivity contribution < 1.29 is 18.0 Å². The number of benzene rings is 3. The number of sulfonamides is 1. The lowest BCUT2D eigenvalue weighted by Gasteiger charge is -2.32. The third-order valence-corrected chi connectivity index (χ3v) is 8.93. The Labute approximate surface area is 247 Å². The number of hydrogen-bond donors (Lipinski definition) is 1. The molecule has 0 aliphatic carbocycles. The number of amides is 2. The summed E-state index contributed by atoms with van der Waals surface area (Å²) in [6.07, 6.45) is 0. The molecular formula is C30H35Cl2N3O4S. The largest absolute Gasteiger partial charge is 0.354 e. The number of rotatable bonds is 11. The first-order valence-corrected chi connectivity index (χ1v) is 15.2. The van der Waals surface area contributed by atoms with Gasteiger partial charge < -0.3 is 10.2 Å². The van der Waals surface area contributed by atoms with E-state index in [2.05, 4.69) is 5.32 Å². The molecule has 0 aliphatic heterocycles. The van der Waals surface area contributed by atoms with Gasteiger partial charge in [0.2, 0.25) is 11.8 Å². The summed E-state index contributed by atoms with van der Waals surface area (Å²) in [6.45, 7) is 9.42. The molecule has 214 valence electrons. The molecular weight excluding hydrogens is 569 g/mol. The second-order valence-electron chi connectivity index (χ2n) is 10.2. The average molecular weight is 605 g/mol. The van der Waals surface area contributed by atoms with Crippen LogP contribution in [0, 0.1) is 19.8 Å². The van der Waals surface area contributed by atoms with Crippen molar-refractivity contribution in [1.82, 2.24) is 10.2 Å². The van der Waals surface area contributed by atoms with Crippen molar-refractivity contribution in [2.45, 2.75) is 52.1 Å². The Kier molecular flexibility index (Phi) is 10.6. The van der Waals surface area contributed by atoms with Gasteiger partial charge in [-0.25, -0.2) is 8.42 Å². The van der Waals surface area contributed by atoms with Crippen molar-refractivity contribution in [2.75, 3.05) is 17.4 Å². The molecule has 2 amide bonds. The molecule has 1 atom stereocenters. The van der Waals surface area contributed by atoms with Crippen LogP contribution in [0.5, 0.6) is 0 Å². The van der Waals surface area contributed by atoms with Crippen LogP contribution in [0.25, 0.3) is 0 Å². The Morgan fingerprint density at radius 2 is 1.43 bits per heavy atom. The summed E-state index contributed by atoms with van der Waals surface area (Å²) in [7, 11) is -4.19. The van der Waals surface area contributed by atoms with Crippen LogP contribution in [0.2, 0.25) is 10.0 Å². The molecule has 10 heteroatoms. The standard InChI is InChI=1S/C30H35Cl2N3O4S/c1-20(2)17-33-30(37)23(5)34(18-24-10-6-21(3)7-11-24)29(36)19-35(25-12-15-27(31)28(32)16-25)40(38,39)26-13-8-22(4)9-14-26/h6-16,20,23H,17-19H2,1-5H3,(H,33,37)/t23-/m0/s1. The second-order valence-corrected chi connectivity index (χ2v) is 12.9. The van der Waals surface area contributed by atoms with E-state index < -0.39 is 28.5 Å². The van der Waals surface area contributed by atoms with Gasteiger partial charge in [0.25, 0.3) is 10.0 Å². The summed E-state index contributed by atoms with van der Waals surface area (Å²) in [5.41, 5.74) is 2.93. The van der Waals surface area contributed by atoms with Gasteiger partial charge in [-0.15, -0.1) is 0 Å². The van der Waals surface area contributed by atoms with Crippen LogP contribution in [-0.4, -0.2) is 44.3 Å². The van der Waals surface area contributed by atoms with Gasteiger partial charge in [0.15, 0.2) is 0 Å². The maximum absolute atomic E-state index is 13.9. The Hall–Kier alpha value is -3.07. The molecule has 0 aliphatic rings. The number of carbonyl (C=O) groups excluding carboxylic acids is 2. The third kappa shape index (κ3) is 7.99. The van der Waals surface area contributed by atoms with Crippen LogP contribution in [0.4, 0.5) is 5.69 Å². The minimum absolute atomic E-state index is 0.0183. The average Bonchev–Trinajstić information content (AvgIpc) is 2.91. The highest BCUT2D eigenvalue weighted by Gasteiger charge is 2.32. The third-order valence-electron chi connectivity index (χ3n) is 6.40. The van der Waals surface area contributed by atoms with Crippen molar-refractivity contribution >= 4 is 50.7 Å². The Bertz CT molecular complexity index is 1440. The molecule has 3 aromatic rings. The Morgan fingerprint density at radius 1 is 0.850 bits per heavy atom. The van der Waals surface area contributed by atoms with E-state index in [1.165, 1.54) is 35.2 Å². The van der Waals surface area contributed by atoms with E-state index in [-0.39, 0.29) is 39.0 Å². The summed E-state index contributed by atoms with van der Waals surface area (Å²) in [5.74, 6) is -0.645. The van der Waals surface area contributed by atoms with Crippen LogP contribution in [0.3, 0.4) is 0 Å².